The Labute approximate surface area is 121 Å². The highest BCUT2D eigenvalue weighted by Gasteiger charge is 2.12. The lowest BCUT2D eigenvalue weighted by Crippen LogP contribution is -1.96. The second-order valence-corrected chi connectivity index (χ2v) is 4.84. The lowest BCUT2D eigenvalue weighted by Gasteiger charge is -2.08. The van der Waals surface area contributed by atoms with Gasteiger partial charge in [-0.3, -0.25) is 0 Å². The lowest BCUT2D eigenvalue weighted by atomic mass is 10.0. The molecular weight excluding hydrogens is 275 g/mol. The van der Waals surface area contributed by atoms with E-state index >= 15 is 0 Å². The zero-order chi connectivity index (χ0) is 14.1. The molecule has 0 unspecified atom stereocenters. The summed E-state index contributed by atoms with van der Waals surface area (Å²) in [4.78, 5) is 8.65. The number of benzene rings is 2. The molecule has 0 aliphatic rings. The second-order valence-electron chi connectivity index (χ2n) is 4.48. The molecule has 20 heavy (non-hydrogen) atoms. The van der Waals surface area contributed by atoms with E-state index in [9.17, 15) is 4.39 Å². The molecule has 0 atom stereocenters. The van der Waals surface area contributed by atoms with Gasteiger partial charge in [0.2, 0.25) is 0 Å². The van der Waals surface area contributed by atoms with Gasteiger partial charge in [-0.25, -0.2) is 14.4 Å². The molecular formula is C16H12ClFN2. The molecule has 0 radical (unpaired) electrons. The standard InChI is InChI=1S/C16H12ClFN2/c1-2-10-6-3-4-7-11(10)16-19-14-12(15(17)20-16)8-5-9-13(14)18/h3-9H,2H2,1H3. The van der Waals surface area contributed by atoms with Crippen LogP contribution in [0, 0.1) is 5.82 Å². The molecule has 0 bridgehead atoms. The third-order valence-corrected chi connectivity index (χ3v) is 3.56. The molecule has 0 N–H and O–H groups in total. The van der Waals surface area contributed by atoms with Gasteiger partial charge in [-0.15, -0.1) is 0 Å². The molecule has 1 heterocycles. The molecule has 0 spiro atoms. The fourth-order valence-corrected chi connectivity index (χ4v) is 2.48. The van der Waals surface area contributed by atoms with Crippen LogP contribution in [0.15, 0.2) is 42.5 Å². The summed E-state index contributed by atoms with van der Waals surface area (Å²) in [6.45, 7) is 2.06. The Balaban J connectivity index is 2.30. The summed E-state index contributed by atoms with van der Waals surface area (Å²) in [6, 6.07) is 12.5. The number of nitrogens with zero attached hydrogens (tertiary/aromatic N) is 2. The van der Waals surface area contributed by atoms with E-state index < -0.39 is 0 Å². The summed E-state index contributed by atoms with van der Waals surface area (Å²) in [5.74, 6) is 0.0760. The maximum Gasteiger partial charge on any atom is 0.161 e. The van der Waals surface area contributed by atoms with Gasteiger partial charge in [-0.05, 0) is 24.1 Å². The van der Waals surface area contributed by atoms with Gasteiger partial charge in [0, 0.05) is 10.9 Å². The molecule has 3 rings (SSSR count). The Morgan fingerprint density at radius 1 is 1.05 bits per heavy atom. The summed E-state index contributed by atoms with van der Waals surface area (Å²) < 4.78 is 13.9. The maximum absolute atomic E-state index is 13.9. The van der Waals surface area contributed by atoms with Crippen LogP contribution in [0.1, 0.15) is 12.5 Å². The number of halogens is 2. The number of fused-ring (bicyclic) bond motifs is 1. The predicted octanol–water partition coefficient (Wildman–Crippen LogP) is 4.65. The number of hydrogen-bond acceptors (Lipinski definition) is 2. The molecule has 2 aromatic carbocycles. The van der Waals surface area contributed by atoms with E-state index in [1.165, 1.54) is 6.07 Å². The Morgan fingerprint density at radius 2 is 1.85 bits per heavy atom. The number of para-hydroxylation sites is 1. The number of aryl methyl sites for hydroxylation is 1. The molecule has 2 nitrogen and oxygen atoms in total. The molecule has 3 aromatic rings. The van der Waals surface area contributed by atoms with Crippen LogP contribution in [0.2, 0.25) is 5.15 Å². The van der Waals surface area contributed by atoms with E-state index in [4.69, 9.17) is 11.6 Å². The Kier molecular flexibility index (Phi) is 3.36. The third-order valence-electron chi connectivity index (χ3n) is 3.27. The van der Waals surface area contributed by atoms with Gasteiger partial charge in [0.25, 0.3) is 0 Å². The van der Waals surface area contributed by atoms with Crippen LogP contribution < -0.4 is 0 Å². The van der Waals surface area contributed by atoms with Gasteiger partial charge in [0.15, 0.2) is 5.82 Å². The van der Waals surface area contributed by atoms with Gasteiger partial charge in [0.05, 0.1) is 0 Å². The average molecular weight is 287 g/mol. The van der Waals surface area contributed by atoms with Crippen molar-refractivity contribution in [2.24, 2.45) is 0 Å². The number of aromatic nitrogens is 2. The van der Waals surface area contributed by atoms with Crippen LogP contribution in [0.5, 0.6) is 0 Å². The molecule has 0 saturated carbocycles. The van der Waals surface area contributed by atoms with Crippen molar-refractivity contribution in [3.63, 3.8) is 0 Å². The molecule has 0 saturated heterocycles. The average Bonchev–Trinajstić information content (AvgIpc) is 2.48. The van der Waals surface area contributed by atoms with Crippen LogP contribution in [0.4, 0.5) is 4.39 Å². The van der Waals surface area contributed by atoms with Crippen LogP contribution in [-0.4, -0.2) is 9.97 Å². The van der Waals surface area contributed by atoms with Crippen molar-refractivity contribution >= 4 is 22.5 Å². The molecule has 4 heteroatoms. The van der Waals surface area contributed by atoms with Gasteiger partial charge >= 0.3 is 0 Å². The summed E-state index contributed by atoms with van der Waals surface area (Å²) in [7, 11) is 0. The monoisotopic (exact) mass is 286 g/mol. The first-order valence-electron chi connectivity index (χ1n) is 6.40. The Hall–Kier alpha value is -2.00. The summed E-state index contributed by atoms with van der Waals surface area (Å²) >= 11 is 6.16. The first-order chi connectivity index (χ1) is 9.70. The minimum Gasteiger partial charge on any atom is -0.225 e. The largest absolute Gasteiger partial charge is 0.225 e. The van der Waals surface area contributed by atoms with Crippen molar-refractivity contribution < 1.29 is 4.39 Å². The van der Waals surface area contributed by atoms with E-state index in [0.29, 0.717) is 11.2 Å². The third kappa shape index (κ3) is 2.14. The van der Waals surface area contributed by atoms with E-state index in [1.807, 2.05) is 24.3 Å². The summed E-state index contributed by atoms with van der Waals surface area (Å²) in [5.41, 5.74) is 2.26. The van der Waals surface area contributed by atoms with Crippen molar-refractivity contribution in [1.29, 1.82) is 0 Å². The van der Waals surface area contributed by atoms with Crippen LogP contribution in [0.25, 0.3) is 22.3 Å². The highest BCUT2D eigenvalue weighted by Crippen LogP contribution is 2.28. The van der Waals surface area contributed by atoms with Gasteiger partial charge in [-0.1, -0.05) is 48.9 Å². The second kappa shape index (κ2) is 5.17. The fourth-order valence-electron chi connectivity index (χ4n) is 2.25. The minimum atomic E-state index is -0.387. The molecule has 1 aromatic heterocycles. The quantitative estimate of drug-likeness (QED) is 0.641. The zero-order valence-corrected chi connectivity index (χ0v) is 11.7. The normalized spacial score (nSPS) is 10.9. The number of hydrogen-bond donors (Lipinski definition) is 0. The van der Waals surface area contributed by atoms with Crippen molar-refractivity contribution in [2.75, 3.05) is 0 Å². The first-order valence-corrected chi connectivity index (χ1v) is 6.78. The van der Waals surface area contributed by atoms with Crippen molar-refractivity contribution in [2.45, 2.75) is 13.3 Å². The Morgan fingerprint density at radius 3 is 2.65 bits per heavy atom. The molecule has 0 aliphatic heterocycles. The maximum atomic E-state index is 13.9. The van der Waals surface area contributed by atoms with Crippen LogP contribution in [0.3, 0.4) is 0 Å². The number of rotatable bonds is 2. The van der Waals surface area contributed by atoms with E-state index in [0.717, 1.165) is 17.5 Å². The summed E-state index contributed by atoms with van der Waals surface area (Å²) in [6.07, 6.45) is 0.854. The lowest BCUT2D eigenvalue weighted by molar-refractivity contribution is 0.636. The zero-order valence-electron chi connectivity index (χ0n) is 10.9. The first kappa shape index (κ1) is 13.0. The molecule has 0 fully saturated rings. The van der Waals surface area contributed by atoms with Crippen LogP contribution in [-0.2, 0) is 6.42 Å². The highest BCUT2D eigenvalue weighted by molar-refractivity contribution is 6.34. The smallest absolute Gasteiger partial charge is 0.161 e. The van der Waals surface area contributed by atoms with Crippen LogP contribution >= 0.6 is 11.6 Å². The van der Waals surface area contributed by atoms with E-state index in [-0.39, 0.29) is 16.5 Å². The Bertz CT molecular complexity index is 787. The van der Waals surface area contributed by atoms with E-state index in [1.54, 1.807) is 12.1 Å². The minimum absolute atomic E-state index is 0.258. The van der Waals surface area contributed by atoms with Crippen molar-refractivity contribution in [1.82, 2.24) is 9.97 Å². The van der Waals surface area contributed by atoms with E-state index in [2.05, 4.69) is 16.9 Å². The predicted molar refractivity (Wildman–Crippen MR) is 79.3 cm³/mol. The van der Waals surface area contributed by atoms with Crippen molar-refractivity contribution in [3.05, 3.63) is 59.0 Å². The summed E-state index contributed by atoms with van der Waals surface area (Å²) in [5, 5.41) is 0.805. The topological polar surface area (TPSA) is 25.8 Å². The van der Waals surface area contributed by atoms with Gasteiger partial charge in [-0.2, -0.15) is 0 Å². The van der Waals surface area contributed by atoms with Crippen molar-refractivity contribution in [3.8, 4) is 11.4 Å². The molecule has 0 amide bonds. The molecule has 100 valence electrons. The fraction of sp³-hybridized carbons (Fsp3) is 0.125. The highest BCUT2D eigenvalue weighted by atomic mass is 35.5. The van der Waals surface area contributed by atoms with Gasteiger partial charge < -0.3 is 0 Å². The SMILES string of the molecule is CCc1ccccc1-c1nc(Cl)c2cccc(F)c2n1. The molecule has 0 aliphatic carbocycles. The van der Waals surface area contributed by atoms with Gasteiger partial charge in [0.1, 0.15) is 16.5 Å².